The van der Waals surface area contributed by atoms with Crippen molar-refractivity contribution < 1.29 is 9.53 Å². The largest absolute Gasteiger partial charge is 0.493 e. The van der Waals surface area contributed by atoms with Gasteiger partial charge in [0.15, 0.2) is 5.78 Å². The van der Waals surface area contributed by atoms with Crippen molar-refractivity contribution in [1.82, 2.24) is 4.98 Å². The van der Waals surface area contributed by atoms with Crippen LogP contribution >= 0.6 is 11.6 Å². The zero-order valence-corrected chi connectivity index (χ0v) is 20.5. The van der Waals surface area contributed by atoms with Gasteiger partial charge in [0.2, 0.25) is 0 Å². The average Bonchev–Trinajstić information content (AvgIpc) is 2.84. The lowest BCUT2D eigenvalue weighted by atomic mass is 9.83. The van der Waals surface area contributed by atoms with E-state index in [2.05, 4.69) is 18.8 Å². The Kier molecular flexibility index (Phi) is 8.09. The van der Waals surface area contributed by atoms with E-state index in [9.17, 15) is 4.79 Å². The molecule has 1 aliphatic rings. The van der Waals surface area contributed by atoms with E-state index >= 15 is 0 Å². The summed E-state index contributed by atoms with van der Waals surface area (Å²) in [7, 11) is 0. The number of hydrogen-bond donors (Lipinski definition) is 2. The Morgan fingerprint density at radius 2 is 2.12 bits per heavy atom. The standard InChI is InChI=1S/C27H32ClN3O2/c1-5-16(4)21-12-25(22(13-29)24(30)7-3)31-14-23(21)20(6-2)27(32)18-10-17-11-19(28)8-9-26(17)33-15-18/h6,8-9,11-14,16,18,29H,5,7,10,15,30H2,1-4H3/b20-6+,24-22+,29-13?. The summed E-state index contributed by atoms with van der Waals surface area (Å²) in [5.41, 5.74) is 11.5. The van der Waals surface area contributed by atoms with Gasteiger partial charge in [0.05, 0.1) is 18.2 Å². The number of nitrogens with two attached hydrogens (primary N) is 1. The lowest BCUT2D eigenvalue weighted by Gasteiger charge is -2.26. The summed E-state index contributed by atoms with van der Waals surface area (Å²) in [6.07, 6.45) is 7.01. The molecule has 1 aromatic carbocycles. The summed E-state index contributed by atoms with van der Waals surface area (Å²) in [5.74, 6) is 0.746. The molecule has 0 spiro atoms. The van der Waals surface area contributed by atoms with Crippen LogP contribution in [0.5, 0.6) is 5.75 Å². The highest BCUT2D eigenvalue weighted by molar-refractivity contribution is 6.30. The molecule has 2 aromatic rings. The number of nitrogens with zero attached hydrogens (tertiary/aromatic N) is 1. The van der Waals surface area contributed by atoms with Gasteiger partial charge in [-0.1, -0.05) is 38.4 Å². The van der Waals surface area contributed by atoms with E-state index in [0.29, 0.717) is 47.0 Å². The number of benzene rings is 1. The number of ketones is 1. The van der Waals surface area contributed by atoms with E-state index in [4.69, 9.17) is 27.5 Å². The van der Waals surface area contributed by atoms with Crippen molar-refractivity contribution in [3.63, 3.8) is 0 Å². The number of halogens is 1. The molecule has 33 heavy (non-hydrogen) atoms. The number of ether oxygens (including phenoxy) is 1. The summed E-state index contributed by atoms with van der Waals surface area (Å²) >= 11 is 6.16. The van der Waals surface area contributed by atoms with E-state index < -0.39 is 0 Å². The minimum atomic E-state index is -0.292. The monoisotopic (exact) mass is 465 g/mol. The van der Waals surface area contributed by atoms with Gasteiger partial charge in [-0.05, 0) is 67.5 Å². The van der Waals surface area contributed by atoms with Gasteiger partial charge in [0, 0.05) is 39.8 Å². The maximum atomic E-state index is 13.6. The molecule has 5 nitrogen and oxygen atoms in total. The molecule has 0 saturated heterocycles. The van der Waals surface area contributed by atoms with Gasteiger partial charge in [-0.25, -0.2) is 0 Å². The van der Waals surface area contributed by atoms with Crippen molar-refractivity contribution in [3.05, 3.63) is 69.6 Å². The fourth-order valence-corrected chi connectivity index (χ4v) is 4.37. The third-order valence-corrected chi connectivity index (χ3v) is 6.61. The number of nitrogens with one attached hydrogen (secondary N) is 1. The van der Waals surface area contributed by atoms with Gasteiger partial charge in [-0.2, -0.15) is 0 Å². The van der Waals surface area contributed by atoms with E-state index in [0.717, 1.165) is 28.9 Å². The Morgan fingerprint density at radius 1 is 1.36 bits per heavy atom. The third-order valence-electron chi connectivity index (χ3n) is 6.37. The summed E-state index contributed by atoms with van der Waals surface area (Å²) in [4.78, 5) is 18.3. The zero-order valence-electron chi connectivity index (χ0n) is 19.7. The van der Waals surface area contributed by atoms with Crippen LogP contribution in [-0.4, -0.2) is 23.6 Å². The van der Waals surface area contributed by atoms with Crippen molar-refractivity contribution in [2.24, 2.45) is 11.7 Å². The first-order valence-electron chi connectivity index (χ1n) is 11.5. The van der Waals surface area contributed by atoms with Gasteiger partial charge in [-0.15, -0.1) is 0 Å². The van der Waals surface area contributed by atoms with Crippen molar-refractivity contribution >= 4 is 34.7 Å². The second-order valence-electron chi connectivity index (χ2n) is 8.43. The molecule has 0 amide bonds. The molecule has 6 heteroatoms. The van der Waals surface area contributed by atoms with Crippen molar-refractivity contribution in [3.8, 4) is 5.75 Å². The Balaban J connectivity index is 2.01. The molecule has 2 unspecified atom stereocenters. The Morgan fingerprint density at radius 3 is 2.76 bits per heavy atom. The molecule has 0 bridgehead atoms. The summed E-state index contributed by atoms with van der Waals surface area (Å²) in [6, 6.07) is 7.51. The quantitative estimate of drug-likeness (QED) is 0.358. The van der Waals surface area contributed by atoms with Crippen LogP contribution in [0.1, 0.15) is 68.8 Å². The first-order chi connectivity index (χ1) is 15.8. The predicted octanol–water partition coefficient (Wildman–Crippen LogP) is 6.20. The summed E-state index contributed by atoms with van der Waals surface area (Å²) < 4.78 is 5.88. The first-order valence-corrected chi connectivity index (χ1v) is 11.8. The van der Waals surface area contributed by atoms with E-state index in [1.165, 1.54) is 6.21 Å². The van der Waals surface area contributed by atoms with Crippen LogP contribution < -0.4 is 10.5 Å². The van der Waals surface area contributed by atoms with E-state index in [1.807, 2.05) is 38.1 Å². The maximum absolute atomic E-state index is 13.6. The van der Waals surface area contributed by atoms with Gasteiger partial charge < -0.3 is 15.9 Å². The highest BCUT2D eigenvalue weighted by Crippen LogP contribution is 2.35. The molecule has 2 atom stereocenters. The SMILES string of the molecule is C/C=C(/C(=O)C1COc2ccc(Cl)cc2C1)c1cnc(/C(C=N)=C(/N)CC)cc1C(C)CC. The van der Waals surface area contributed by atoms with Gasteiger partial charge in [-0.3, -0.25) is 9.78 Å². The molecular formula is C27H32ClN3O2. The number of fused-ring (bicyclic) bond motifs is 1. The number of rotatable bonds is 8. The molecule has 3 rings (SSSR count). The molecule has 1 aliphatic heterocycles. The third kappa shape index (κ3) is 5.19. The van der Waals surface area contributed by atoms with Crippen LogP contribution in [-0.2, 0) is 11.2 Å². The van der Waals surface area contributed by atoms with Crippen LogP contribution in [0, 0.1) is 11.3 Å². The molecule has 0 radical (unpaired) electrons. The molecule has 0 aliphatic carbocycles. The number of pyridine rings is 1. The fourth-order valence-electron chi connectivity index (χ4n) is 4.17. The van der Waals surface area contributed by atoms with E-state index in [-0.39, 0.29) is 17.6 Å². The summed E-state index contributed by atoms with van der Waals surface area (Å²) in [5, 5.41) is 8.45. The van der Waals surface area contributed by atoms with Crippen LogP contribution in [0.15, 0.2) is 42.2 Å². The van der Waals surface area contributed by atoms with Gasteiger partial charge in [0.25, 0.3) is 0 Å². The van der Waals surface area contributed by atoms with Crippen molar-refractivity contribution in [1.29, 1.82) is 5.41 Å². The lowest BCUT2D eigenvalue weighted by molar-refractivity contribution is -0.118. The second-order valence-corrected chi connectivity index (χ2v) is 8.87. The molecule has 2 heterocycles. The first kappa shape index (κ1) is 24.7. The number of carbonyl (C=O) groups is 1. The maximum Gasteiger partial charge on any atom is 0.170 e. The number of carbonyl (C=O) groups excluding carboxylic acids is 1. The molecule has 3 N–H and O–H groups in total. The number of allylic oxidation sites excluding steroid dienone is 4. The molecule has 174 valence electrons. The highest BCUT2D eigenvalue weighted by atomic mass is 35.5. The van der Waals surface area contributed by atoms with Crippen molar-refractivity contribution in [2.75, 3.05) is 6.61 Å². The number of Topliss-reactive ketones (excluding diaryl/α,β-unsaturated/α-hetero) is 1. The Bertz CT molecular complexity index is 1120. The lowest BCUT2D eigenvalue weighted by Crippen LogP contribution is -2.29. The minimum absolute atomic E-state index is 0.0399. The predicted molar refractivity (Wildman–Crippen MR) is 136 cm³/mol. The molecule has 0 saturated carbocycles. The number of aromatic nitrogens is 1. The normalized spacial score (nSPS) is 17.5. The second kappa shape index (κ2) is 10.8. The fraction of sp³-hybridized carbons (Fsp3) is 0.370. The van der Waals surface area contributed by atoms with Crippen LogP contribution in [0.4, 0.5) is 0 Å². The Labute approximate surface area is 201 Å². The highest BCUT2D eigenvalue weighted by Gasteiger charge is 2.30. The van der Waals surface area contributed by atoms with Gasteiger partial charge >= 0.3 is 0 Å². The van der Waals surface area contributed by atoms with Crippen LogP contribution in [0.2, 0.25) is 5.02 Å². The van der Waals surface area contributed by atoms with Gasteiger partial charge in [0.1, 0.15) is 5.75 Å². The molecular weight excluding hydrogens is 434 g/mol. The zero-order chi connectivity index (χ0) is 24.1. The number of hydrogen-bond acceptors (Lipinski definition) is 5. The topological polar surface area (TPSA) is 89.1 Å². The van der Waals surface area contributed by atoms with Crippen molar-refractivity contribution in [2.45, 2.75) is 52.9 Å². The van der Waals surface area contributed by atoms with Crippen LogP contribution in [0.25, 0.3) is 11.1 Å². The molecule has 0 fully saturated rings. The minimum Gasteiger partial charge on any atom is -0.493 e. The Hall–Kier alpha value is -2.92. The van der Waals surface area contributed by atoms with Crippen LogP contribution in [0.3, 0.4) is 0 Å². The average molecular weight is 466 g/mol. The summed E-state index contributed by atoms with van der Waals surface area (Å²) in [6.45, 7) is 8.43. The molecule has 1 aromatic heterocycles. The van der Waals surface area contributed by atoms with E-state index in [1.54, 1.807) is 12.3 Å². The smallest absolute Gasteiger partial charge is 0.170 e.